The summed E-state index contributed by atoms with van der Waals surface area (Å²) in [6.07, 6.45) is 1.76. The van der Waals surface area contributed by atoms with E-state index < -0.39 is 0 Å². The van der Waals surface area contributed by atoms with E-state index in [-0.39, 0.29) is 11.8 Å². The number of rotatable bonds is 8. The van der Waals surface area contributed by atoms with Crippen LogP contribution in [0.25, 0.3) is 0 Å². The molecule has 0 aromatic heterocycles. The lowest BCUT2D eigenvalue weighted by atomic mass is 9.95. The summed E-state index contributed by atoms with van der Waals surface area (Å²) in [7, 11) is 4.75. The number of nitrogens with zero attached hydrogens (tertiary/aromatic N) is 1. The first kappa shape index (κ1) is 22.0. The molecule has 0 spiro atoms. The third-order valence-electron chi connectivity index (χ3n) is 5.80. The highest BCUT2D eigenvalue weighted by Crippen LogP contribution is 2.38. The van der Waals surface area contributed by atoms with Crippen molar-refractivity contribution >= 4 is 5.91 Å². The Labute approximate surface area is 179 Å². The zero-order chi connectivity index (χ0) is 21.5. The van der Waals surface area contributed by atoms with Gasteiger partial charge in [-0.2, -0.15) is 0 Å². The molecule has 1 aliphatic heterocycles. The van der Waals surface area contributed by atoms with Crippen molar-refractivity contribution in [1.29, 1.82) is 0 Å². The van der Waals surface area contributed by atoms with Crippen LogP contribution in [0.5, 0.6) is 17.2 Å². The van der Waals surface area contributed by atoms with Crippen molar-refractivity contribution in [3.8, 4) is 17.2 Å². The van der Waals surface area contributed by atoms with E-state index in [9.17, 15) is 4.79 Å². The smallest absolute Gasteiger partial charge is 0.223 e. The molecule has 2 aromatic carbocycles. The molecule has 0 saturated carbocycles. The predicted octanol–water partition coefficient (Wildman–Crippen LogP) is 3.55. The van der Waals surface area contributed by atoms with Crippen molar-refractivity contribution in [3.63, 3.8) is 0 Å². The fraction of sp³-hybridized carbons (Fsp3) is 0.458. The first-order valence-corrected chi connectivity index (χ1v) is 10.4. The van der Waals surface area contributed by atoms with Crippen LogP contribution in [0, 0.1) is 12.8 Å². The minimum atomic E-state index is 0.0557. The Morgan fingerprint density at radius 2 is 1.67 bits per heavy atom. The highest BCUT2D eigenvalue weighted by molar-refractivity contribution is 5.78. The summed E-state index contributed by atoms with van der Waals surface area (Å²) in [4.78, 5) is 15.1. The largest absolute Gasteiger partial charge is 0.493 e. The number of ether oxygens (including phenoxy) is 3. The van der Waals surface area contributed by atoms with Gasteiger partial charge in [0.25, 0.3) is 0 Å². The van der Waals surface area contributed by atoms with Crippen LogP contribution in [0.4, 0.5) is 0 Å². The molecule has 30 heavy (non-hydrogen) atoms. The molecule has 1 aliphatic rings. The first-order chi connectivity index (χ1) is 14.5. The molecule has 6 heteroatoms. The van der Waals surface area contributed by atoms with E-state index in [1.165, 1.54) is 11.1 Å². The zero-order valence-corrected chi connectivity index (χ0v) is 18.4. The number of hydrogen-bond acceptors (Lipinski definition) is 5. The number of methoxy groups -OCH3 is 3. The van der Waals surface area contributed by atoms with Crippen LogP contribution in [0.1, 0.15) is 29.5 Å². The molecule has 0 aliphatic carbocycles. The Hall–Kier alpha value is -2.73. The molecule has 0 radical (unpaired) electrons. The fourth-order valence-electron chi connectivity index (χ4n) is 3.95. The molecule has 0 atom stereocenters. The molecule has 1 fully saturated rings. The van der Waals surface area contributed by atoms with Crippen molar-refractivity contribution in [2.75, 3.05) is 34.4 Å². The summed E-state index contributed by atoms with van der Waals surface area (Å²) in [5.74, 6) is 1.90. The first-order valence-electron chi connectivity index (χ1n) is 10.4. The van der Waals surface area contributed by atoms with Crippen LogP contribution in [-0.4, -0.2) is 45.2 Å². The van der Waals surface area contributed by atoms with E-state index in [2.05, 4.69) is 41.4 Å². The molecule has 0 bridgehead atoms. The minimum absolute atomic E-state index is 0.0557. The van der Waals surface area contributed by atoms with Crippen molar-refractivity contribution in [2.24, 2.45) is 5.92 Å². The van der Waals surface area contributed by atoms with E-state index in [4.69, 9.17) is 14.2 Å². The third-order valence-corrected chi connectivity index (χ3v) is 5.80. The van der Waals surface area contributed by atoms with E-state index in [1.54, 1.807) is 21.3 Å². The number of nitrogens with one attached hydrogen (secondary N) is 1. The number of piperidine rings is 1. The van der Waals surface area contributed by atoms with Gasteiger partial charge in [-0.15, -0.1) is 0 Å². The maximum Gasteiger partial charge on any atom is 0.223 e. The van der Waals surface area contributed by atoms with Crippen LogP contribution < -0.4 is 19.5 Å². The molecule has 1 saturated heterocycles. The van der Waals surface area contributed by atoms with Gasteiger partial charge in [-0.3, -0.25) is 9.69 Å². The van der Waals surface area contributed by atoms with Crippen LogP contribution >= 0.6 is 0 Å². The fourth-order valence-corrected chi connectivity index (χ4v) is 3.95. The molecule has 2 aromatic rings. The van der Waals surface area contributed by atoms with Crippen LogP contribution in [-0.2, 0) is 17.9 Å². The van der Waals surface area contributed by atoms with Crippen molar-refractivity contribution < 1.29 is 19.0 Å². The lowest BCUT2D eigenvalue weighted by Crippen LogP contribution is -2.40. The van der Waals surface area contributed by atoms with E-state index in [1.807, 2.05) is 12.1 Å². The second kappa shape index (κ2) is 10.3. The van der Waals surface area contributed by atoms with Gasteiger partial charge in [0, 0.05) is 19.0 Å². The Bertz CT molecular complexity index is 835. The average Bonchev–Trinajstić information content (AvgIpc) is 2.78. The normalized spacial score (nSPS) is 14.9. The average molecular weight is 413 g/mol. The van der Waals surface area contributed by atoms with E-state index >= 15 is 0 Å². The third kappa shape index (κ3) is 5.25. The van der Waals surface area contributed by atoms with E-state index in [0.29, 0.717) is 23.8 Å². The second-order valence-corrected chi connectivity index (χ2v) is 7.73. The molecular weight excluding hydrogens is 380 g/mol. The highest BCUT2D eigenvalue weighted by Gasteiger charge is 2.25. The van der Waals surface area contributed by atoms with Gasteiger partial charge in [0.2, 0.25) is 11.7 Å². The summed E-state index contributed by atoms with van der Waals surface area (Å²) >= 11 is 0. The van der Waals surface area contributed by atoms with Gasteiger partial charge >= 0.3 is 0 Å². The number of benzene rings is 2. The molecule has 0 unspecified atom stereocenters. The SMILES string of the molecule is COc1cc(CNC(=O)C2CCN(Cc3ccccc3C)CC2)cc(OC)c1OC. The van der Waals surface area contributed by atoms with Gasteiger partial charge in [0.15, 0.2) is 11.5 Å². The van der Waals surface area contributed by atoms with Crippen LogP contribution in [0.15, 0.2) is 36.4 Å². The molecule has 1 amide bonds. The number of hydrogen-bond donors (Lipinski definition) is 1. The van der Waals surface area contributed by atoms with Crippen LogP contribution in [0.2, 0.25) is 0 Å². The summed E-state index contributed by atoms with van der Waals surface area (Å²) in [5, 5.41) is 3.07. The zero-order valence-electron chi connectivity index (χ0n) is 18.4. The summed E-state index contributed by atoms with van der Waals surface area (Å²) in [5.41, 5.74) is 3.60. The topological polar surface area (TPSA) is 60.0 Å². The van der Waals surface area contributed by atoms with Gasteiger partial charge in [-0.25, -0.2) is 0 Å². The monoisotopic (exact) mass is 412 g/mol. The number of likely N-dealkylation sites (tertiary alicyclic amines) is 1. The van der Waals surface area contributed by atoms with Gasteiger partial charge in [0.05, 0.1) is 21.3 Å². The van der Waals surface area contributed by atoms with Crippen LogP contribution in [0.3, 0.4) is 0 Å². The van der Waals surface area contributed by atoms with E-state index in [0.717, 1.165) is 38.0 Å². The Balaban J connectivity index is 1.52. The Morgan fingerprint density at radius 3 is 2.23 bits per heavy atom. The minimum Gasteiger partial charge on any atom is -0.493 e. The van der Waals surface area contributed by atoms with Gasteiger partial charge in [-0.1, -0.05) is 24.3 Å². The molecular formula is C24H32N2O4. The molecule has 3 rings (SSSR count). The van der Waals surface area contributed by atoms with Crippen molar-refractivity contribution in [1.82, 2.24) is 10.2 Å². The van der Waals surface area contributed by atoms with Crippen molar-refractivity contribution in [3.05, 3.63) is 53.1 Å². The number of carbonyl (C=O) groups excluding carboxylic acids is 1. The maximum atomic E-state index is 12.7. The highest BCUT2D eigenvalue weighted by atomic mass is 16.5. The summed E-state index contributed by atoms with van der Waals surface area (Å²) in [6, 6.07) is 12.2. The second-order valence-electron chi connectivity index (χ2n) is 7.73. The molecule has 1 N–H and O–H groups in total. The quantitative estimate of drug-likeness (QED) is 0.719. The lowest BCUT2D eigenvalue weighted by Gasteiger charge is -2.31. The lowest BCUT2D eigenvalue weighted by molar-refractivity contribution is -0.126. The van der Waals surface area contributed by atoms with Gasteiger partial charge in [-0.05, 0) is 61.7 Å². The predicted molar refractivity (Wildman–Crippen MR) is 117 cm³/mol. The maximum absolute atomic E-state index is 12.7. The van der Waals surface area contributed by atoms with Crippen molar-refractivity contribution in [2.45, 2.75) is 32.9 Å². The number of aryl methyl sites for hydroxylation is 1. The number of carbonyl (C=O) groups is 1. The molecule has 1 heterocycles. The molecule has 6 nitrogen and oxygen atoms in total. The Morgan fingerprint density at radius 1 is 1.03 bits per heavy atom. The van der Waals surface area contributed by atoms with Gasteiger partial charge < -0.3 is 19.5 Å². The number of amides is 1. The standard InChI is InChI=1S/C24H32N2O4/c1-17-7-5-6-8-20(17)16-26-11-9-19(10-12-26)24(27)25-15-18-13-21(28-2)23(30-4)22(14-18)29-3/h5-8,13-14,19H,9-12,15-16H2,1-4H3,(H,25,27). The summed E-state index contributed by atoms with van der Waals surface area (Å²) < 4.78 is 16.1. The summed E-state index contributed by atoms with van der Waals surface area (Å²) in [6.45, 7) is 5.41. The molecule has 162 valence electrons. The Kier molecular flexibility index (Phi) is 7.57. The van der Waals surface area contributed by atoms with Gasteiger partial charge in [0.1, 0.15) is 0 Å².